The van der Waals surface area contributed by atoms with Gasteiger partial charge >= 0.3 is 11.9 Å². The summed E-state index contributed by atoms with van der Waals surface area (Å²) in [7, 11) is 1.02. The summed E-state index contributed by atoms with van der Waals surface area (Å²) >= 11 is 0. The van der Waals surface area contributed by atoms with Crippen molar-refractivity contribution in [3.05, 3.63) is 16.3 Å². The van der Waals surface area contributed by atoms with Gasteiger partial charge in [0.25, 0.3) is 0 Å². The van der Waals surface area contributed by atoms with E-state index in [-0.39, 0.29) is 24.9 Å². The van der Waals surface area contributed by atoms with Crippen molar-refractivity contribution < 1.29 is 18.0 Å². The first kappa shape index (κ1) is 15.6. The van der Waals surface area contributed by atoms with Crippen LogP contribution in [0.25, 0.3) is 0 Å². The molecule has 0 atom stereocenters. The largest absolute Gasteiger partial charge is 0.451 e. The molecule has 0 radical (unpaired) electrons. The molecule has 2 rings (SSSR count). The van der Waals surface area contributed by atoms with Crippen LogP contribution in [-0.4, -0.2) is 26.8 Å². The summed E-state index contributed by atoms with van der Waals surface area (Å²) in [6.07, 6.45) is -0.951. The first-order chi connectivity index (χ1) is 9.80. The molecule has 6 nitrogen and oxygen atoms in total. The predicted octanol–water partition coefficient (Wildman–Crippen LogP) is 0.907. The highest BCUT2D eigenvalue weighted by molar-refractivity contribution is 5.78. The summed E-state index contributed by atoms with van der Waals surface area (Å²) in [5.41, 5.74) is -0.850. The van der Waals surface area contributed by atoms with Gasteiger partial charge in [0.1, 0.15) is 0 Å². The van der Waals surface area contributed by atoms with Gasteiger partial charge in [-0.2, -0.15) is 13.2 Å². The van der Waals surface area contributed by atoms with Gasteiger partial charge in [0.15, 0.2) is 0 Å². The van der Waals surface area contributed by atoms with Crippen molar-refractivity contribution in [3.63, 3.8) is 0 Å². The number of alkyl halides is 3. The smallest absolute Gasteiger partial charge is 0.354 e. The Morgan fingerprint density at radius 1 is 1.38 bits per heavy atom. The third-order valence-electron chi connectivity index (χ3n) is 3.64. The number of carbonyl (C=O) groups excluding carboxylic acids is 1. The van der Waals surface area contributed by atoms with E-state index < -0.39 is 17.7 Å². The molecule has 0 spiro atoms. The number of halogens is 3. The normalized spacial score (nSPS) is 16.4. The standard InChI is InChI=1S/C12H17F3N4O2/c1-18-10(12(13,14)15)17-19(11(18)21)7-6-16-9(20)8-4-2-3-5-8/h8H,2-7H2,1H3,(H,16,20). The predicted molar refractivity (Wildman–Crippen MR) is 67.4 cm³/mol. The maximum atomic E-state index is 12.6. The quantitative estimate of drug-likeness (QED) is 0.899. The average Bonchev–Trinajstić information content (AvgIpc) is 3.01. The van der Waals surface area contributed by atoms with Gasteiger partial charge in [-0.1, -0.05) is 12.8 Å². The summed E-state index contributed by atoms with van der Waals surface area (Å²) in [6, 6.07) is 0. The fourth-order valence-corrected chi connectivity index (χ4v) is 2.50. The second kappa shape index (κ2) is 5.90. The van der Waals surface area contributed by atoms with E-state index in [4.69, 9.17) is 0 Å². The van der Waals surface area contributed by atoms with Crippen LogP contribution in [0.3, 0.4) is 0 Å². The van der Waals surface area contributed by atoms with Crippen LogP contribution in [0.5, 0.6) is 0 Å². The molecule has 1 aromatic heterocycles. The number of carbonyl (C=O) groups is 1. The molecule has 1 aliphatic rings. The molecule has 0 aromatic carbocycles. The molecule has 0 unspecified atom stereocenters. The molecule has 1 aliphatic carbocycles. The van der Waals surface area contributed by atoms with Crippen LogP contribution >= 0.6 is 0 Å². The van der Waals surface area contributed by atoms with Crippen LogP contribution < -0.4 is 11.0 Å². The fraction of sp³-hybridized carbons (Fsp3) is 0.750. The van der Waals surface area contributed by atoms with Crippen LogP contribution in [0.4, 0.5) is 13.2 Å². The molecule has 0 saturated heterocycles. The van der Waals surface area contributed by atoms with Gasteiger partial charge in [0.05, 0.1) is 6.54 Å². The first-order valence-electron chi connectivity index (χ1n) is 6.79. The Bertz CT molecular complexity index is 570. The number of aromatic nitrogens is 3. The molecule has 21 heavy (non-hydrogen) atoms. The van der Waals surface area contributed by atoms with Crippen molar-refractivity contribution >= 4 is 5.91 Å². The highest BCUT2D eigenvalue weighted by atomic mass is 19.4. The zero-order valence-corrected chi connectivity index (χ0v) is 11.6. The molecule has 1 fully saturated rings. The van der Waals surface area contributed by atoms with E-state index in [1.54, 1.807) is 0 Å². The lowest BCUT2D eigenvalue weighted by Crippen LogP contribution is -2.34. The third-order valence-corrected chi connectivity index (χ3v) is 3.64. The van der Waals surface area contributed by atoms with Gasteiger partial charge < -0.3 is 5.32 Å². The van der Waals surface area contributed by atoms with Gasteiger partial charge in [-0.15, -0.1) is 5.10 Å². The summed E-state index contributed by atoms with van der Waals surface area (Å²) in [4.78, 5) is 23.4. The number of hydrogen-bond acceptors (Lipinski definition) is 3. The zero-order chi connectivity index (χ0) is 15.6. The van der Waals surface area contributed by atoms with E-state index in [0.29, 0.717) is 4.57 Å². The highest BCUT2D eigenvalue weighted by Gasteiger charge is 2.37. The molecule has 1 amide bonds. The second-order valence-electron chi connectivity index (χ2n) is 5.16. The van der Waals surface area contributed by atoms with Crippen molar-refractivity contribution in [1.29, 1.82) is 0 Å². The fourth-order valence-electron chi connectivity index (χ4n) is 2.50. The minimum absolute atomic E-state index is 0.0174. The van der Waals surface area contributed by atoms with E-state index in [1.807, 2.05) is 0 Å². The van der Waals surface area contributed by atoms with Crippen molar-refractivity contribution in [2.45, 2.75) is 38.4 Å². The summed E-state index contributed by atoms with van der Waals surface area (Å²) in [6.45, 7) is 0.00473. The molecule has 1 heterocycles. The molecule has 0 bridgehead atoms. The monoisotopic (exact) mass is 306 g/mol. The first-order valence-corrected chi connectivity index (χ1v) is 6.79. The lowest BCUT2D eigenvalue weighted by molar-refractivity contribution is -0.147. The van der Waals surface area contributed by atoms with Crippen molar-refractivity contribution in [2.75, 3.05) is 6.54 Å². The summed E-state index contributed by atoms with van der Waals surface area (Å²) < 4.78 is 39.0. The molecule has 9 heteroatoms. The Hall–Kier alpha value is -1.80. The number of hydrogen-bond donors (Lipinski definition) is 1. The third kappa shape index (κ3) is 3.45. The SMILES string of the molecule is Cn1c(C(F)(F)F)nn(CCNC(=O)C2CCCC2)c1=O. The minimum Gasteiger partial charge on any atom is -0.354 e. The van der Waals surface area contributed by atoms with E-state index in [2.05, 4.69) is 10.4 Å². The number of rotatable bonds is 4. The second-order valence-corrected chi connectivity index (χ2v) is 5.16. The lowest BCUT2D eigenvalue weighted by atomic mass is 10.1. The zero-order valence-electron chi connectivity index (χ0n) is 11.6. The Morgan fingerprint density at radius 3 is 2.52 bits per heavy atom. The topological polar surface area (TPSA) is 68.9 Å². The van der Waals surface area contributed by atoms with Gasteiger partial charge in [-0.25, -0.2) is 9.48 Å². The van der Waals surface area contributed by atoms with E-state index in [1.165, 1.54) is 0 Å². The highest BCUT2D eigenvalue weighted by Crippen LogP contribution is 2.26. The van der Waals surface area contributed by atoms with Gasteiger partial charge in [-0.05, 0) is 12.8 Å². The van der Waals surface area contributed by atoms with Crippen LogP contribution in [0.1, 0.15) is 31.5 Å². The Morgan fingerprint density at radius 2 is 2.00 bits per heavy atom. The van der Waals surface area contributed by atoms with Crippen LogP contribution in [-0.2, 0) is 24.6 Å². The van der Waals surface area contributed by atoms with E-state index in [0.717, 1.165) is 37.4 Å². The number of amides is 1. The molecule has 0 aliphatic heterocycles. The Balaban J connectivity index is 1.94. The Kier molecular flexibility index (Phi) is 4.38. The molecule has 1 N–H and O–H groups in total. The molecule has 118 valence electrons. The van der Waals surface area contributed by atoms with Crippen molar-refractivity contribution in [1.82, 2.24) is 19.7 Å². The molecule has 1 aromatic rings. The number of nitrogens with one attached hydrogen (secondary N) is 1. The maximum Gasteiger partial charge on any atom is 0.451 e. The van der Waals surface area contributed by atoms with E-state index in [9.17, 15) is 22.8 Å². The summed E-state index contributed by atoms with van der Waals surface area (Å²) in [5, 5.41) is 5.90. The molecular formula is C12H17F3N4O2. The van der Waals surface area contributed by atoms with Crippen molar-refractivity contribution in [3.8, 4) is 0 Å². The average molecular weight is 306 g/mol. The number of nitrogens with zero attached hydrogens (tertiary/aromatic N) is 3. The van der Waals surface area contributed by atoms with Gasteiger partial charge in [0.2, 0.25) is 11.7 Å². The molecular weight excluding hydrogens is 289 g/mol. The molecule has 1 saturated carbocycles. The maximum absolute atomic E-state index is 12.6. The van der Waals surface area contributed by atoms with Crippen molar-refractivity contribution in [2.24, 2.45) is 13.0 Å². The lowest BCUT2D eigenvalue weighted by Gasteiger charge is -2.09. The van der Waals surface area contributed by atoms with Crippen LogP contribution in [0, 0.1) is 5.92 Å². The summed E-state index contributed by atoms with van der Waals surface area (Å²) in [5.74, 6) is -1.36. The van der Waals surface area contributed by atoms with Crippen LogP contribution in [0.2, 0.25) is 0 Å². The van der Waals surface area contributed by atoms with Gasteiger partial charge in [0, 0.05) is 19.5 Å². The van der Waals surface area contributed by atoms with E-state index >= 15 is 0 Å². The van der Waals surface area contributed by atoms with Crippen LogP contribution in [0.15, 0.2) is 4.79 Å². The van der Waals surface area contributed by atoms with Gasteiger partial charge in [-0.3, -0.25) is 9.36 Å². The Labute approximate surface area is 118 Å². The minimum atomic E-state index is -4.67.